The summed E-state index contributed by atoms with van der Waals surface area (Å²) < 4.78 is 29.5. The summed E-state index contributed by atoms with van der Waals surface area (Å²) in [5.74, 6) is 3.83. The predicted octanol–water partition coefficient (Wildman–Crippen LogP) is 10.4. The summed E-state index contributed by atoms with van der Waals surface area (Å²) in [5, 5.41) is 2.84. The monoisotopic (exact) mass is 1150 g/mol. The van der Waals surface area contributed by atoms with Gasteiger partial charge in [0.2, 0.25) is 5.91 Å². The SMILES string of the molecule is Brc1ccc2c(c1)OCc1[nH]c(C3CCCC3)nc1-2.CC(C)(C)OC(=O)N1CCC[C@H]1OC=O.Cl.NC1COc2cc(Br)ccc2C1=O.O=C(NC1COc2cc(Br)ccc2C1=O)C1CCCC1. The molecule has 2 saturated carbocycles. The van der Waals surface area contributed by atoms with Gasteiger partial charge in [0, 0.05) is 43.8 Å². The van der Waals surface area contributed by atoms with Gasteiger partial charge in [0.15, 0.2) is 17.8 Å². The lowest BCUT2D eigenvalue weighted by molar-refractivity contribution is -0.139. The van der Waals surface area contributed by atoms with Crippen molar-refractivity contribution < 1.29 is 47.7 Å². The molecule has 2 amide bonds. The van der Waals surface area contributed by atoms with Crippen LogP contribution >= 0.6 is 60.2 Å². The predicted molar refractivity (Wildman–Crippen MR) is 267 cm³/mol. The molecular formula is C49H57Br3ClN5O10. The largest absolute Gasteiger partial charge is 0.491 e. The van der Waals surface area contributed by atoms with Crippen molar-refractivity contribution in [1.82, 2.24) is 20.2 Å². The fraction of sp³-hybridized carbons (Fsp3) is 0.469. The first-order chi connectivity index (χ1) is 32.1. The van der Waals surface area contributed by atoms with E-state index in [4.69, 9.17) is 34.4 Å². The van der Waals surface area contributed by atoms with Crippen molar-refractivity contribution in [2.24, 2.45) is 11.7 Å². The maximum absolute atomic E-state index is 12.4. The third-order valence-corrected chi connectivity index (χ3v) is 13.6. The van der Waals surface area contributed by atoms with E-state index in [0.717, 1.165) is 74.0 Å². The van der Waals surface area contributed by atoms with E-state index in [9.17, 15) is 24.0 Å². The Balaban J connectivity index is 0.000000151. The van der Waals surface area contributed by atoms with Crippen LogP contribution in [0.5, 0.6) is 17.2 Å². The van der Waals surface area contributed by atoms with Gasteiger partial charge in [-0.3, -0.25) is 24.1 Å². The van der Waals surface area contributed by atoms with Gasteiger partial charge in [-0.1, -0.05) is 73.5 Å². The average molecular weight is 1150 g/mol. The first-order valence-corrected chi connectivity index (χ1v) is 25.1. The molecule has 1 saturated heterocycles. The van der Waals surface area contributed by atoms with E-state index < -0.39 is 30.0 Å². The van der Waals surface area contributed by atoms with E-state index >= 15 is 0 Å². The lowest BCUT2D eigenvalue weighted by atomic mass is 9.99. The number of nitrogens with two attached hydrogens (primary N) is 1. The molecule has 19 heteroatoms. The Bertz CT molecular complexity index is 2450. The number of halogens is 4. The number of hydrogen-bond donors (Lipinski definition) is 3. The average Bonchev–Trinajstić information content (AvgIpc) is 4.15. The fourth-order valence-corrected chi connectivity index (χ4v) is 9.72. The minimum absolute atomic E-state index is 0. The maximum atomic E-state index is 12.4. The van der Waals surface area contributed by atoms with E-state index in [2.05, 4.69) is 64.2 Å². The lowest BCUT2D eigenvalue weighted by Crippen LogP contribution is -2.48. The number of amides is 2. The molecule has 3 fully saturated rings. The number of ether oxygens (including phenoxy) is 5. The number of carbonyl (C=O) groups is 5. The number of aromatic nitrogens is 2. The van der Waals surface area contributed by atoms with Crippen molar-refractivity contribution in [3.63, 3.8) is 0 Å². The first-order valence-electron chi connectivity index (χ1n) is 22.7. The Labute approximate surface area is 427 Å². The number of nitrogens with one attached hydrogen (secondary N) is 2. The molecule has 366 valence electrons. The molecule has 6 aliphatic rings. The Morgan fingerprint density at radius 3 is 1.96 bits per heavy atom. The minimum atomic E-state index is -0.559. The quantitative estimate of drug-likeness (QED) is 0.160. The Morgan fingerprint density at radius 2 is 1.35 bits per heavy atom. The number of carbonyl (C=O) groups excluding carboxylic acids is 5. The number of likely N-dealkylation sites (tertiary alicyclic amines) is 1. The minimum Gasteiger partial charge on any atom is -0.491 e. The summed E-state index contributed by atoms with van der Waals surface area (Å²) in [5.41, 5.74) is 9.43. The summed E-state index contributed by atoms with van der Waals surface area (Å²) in [6.45, 7) is 7.42. The van der Waals surface area contributed by atoms with Crippen LogP contribution < -0.4 is 25.3 Å². The summed E-state index contributed by atoms with van der Waals surface area (Å²) in [6, 6.07) is 15.7. The van der Waals surface area contributed by atoms with Crippen LogP contribution in [0, 0.1) is 5.92 Å². The number of aromatic amines is 1. The second-order valence-corrected chi connectivity index (χ2v) is 20.9. The molecule has 0 spiro atoms. The molecule has 3 aromatic carbocycles. The highest BCUT2D eigenvalue weighted by atomic mass is 79.9. The molecule has 0 bridgehead atoms. The van der Waals surface area contributed by atoms with Gasteiger partial charge in [0.25, 0.3) is 6.47 Å². The Hall–Kier alpha value is -4.49. The summed E-state index contributed by atoms with van der Waals surface area (Å²) in [7, 11) is 0. The van der Waals surface area contributed by atoms with Gasteiger partial charge in [-0.15, -0.1) is 12.4 Å². The fourth-order valence-electron chi connectivity index (χ4n) is 8.70. The van der Waals surface area contributed by atoms with Crippen molar-refractivity contribution in [1.29, 1.82) is 0 Å². The van der Waals surface area contributed by atoms with Crippen molar-refractivity contribution in [2.75, 3.05) is 19.8 Å². The van der Waals surface area contributed by atoms with Gasteiger partial charge < -0.3 is 39.7 Å². The molecule has 0 radical (unpaired) electrons. The van der Waals surface area contributed by atoms with E-state index in [1.807, 2.05) is 12.1 Å². The Kier molecular flexibility index (Phi) is 18.6. The van der Waals surface area contributed by atoms with Crippen LogP contribution in [0.15, 0.2) is 68.0 Å². The van der Waals surface area contributed by atoms with Gasteiger partial charge in [-0.2, -0.15) is 0 Å². The first kappa shape index (κ1) is 52.9. The number of nitrogens with zero attached hydrogens (tertiary/aromatic N) is 2. The summed E-state index contributed by atoms with van der Waals surface area (Å²) >= 11 is 10.1. The van der Waals surface area contributed by atoms with E-state index in [1.54, 1.807) is 57.2 Å². The lowest BCUT2D eigenvalue weighted by Gasteiger charge is -2.27. The van der Waals surface area contributed by atoms with Crippen LogP contribution in [0.1, 0.15) is 123 Å². The number of hydrogen-bond acceptors (Lipinski definition) is 12. The topological polar surface area (TPSA) is 201 Å². The van der Waals surface area contributed by atoms with Crippen LogP contribution in [0.25, 0.3) is 11.3 Å². The molecule has 4 aromatic rings. The van der Waals surface area contributed by atoms with Gasteiger partial charge in [0.1, 0.15) is 60.6 Å². The number of ketones is 2. The van der Waals surface area contributed by atoms with Crippen LogP contribution in [-0.4, -0.2) is 88.6 Å². The third kappa shape index (κ3) is 13.4. The van der Waals surface area contributed by atoms with Crippen molar-refractivity contribution >= 4 is 90.2 Å². The van der Waals surface area contributed by atoms with Crippen LogP contribution in [0.3, 0.4) is 0 Å². The molecule has 5 heterocycles. The van der Waals surface area contributed by atoms with Crippen molar-refractivity contribution in [3.8, 4) is 28.5 Å². The number of benzene rings is 3. The molecule has 2 unspecified atom stereocenters. The van der Waals surface area contributed by atoms with Gasteiger partial charge in [-0.25, -0.2) is 9.78 Å². The number of Topliss-reactive ketones (excluding diaryl/α,β-unsaturated/α-hetero) is 2. The number of rotatable bonds is 5. The second-order valence-electron chi connectivity index (χ2n) is 18.1. The zero-order chi connectivity index (χ0) is 47.8. The molecule has 10 rings (SSSR count). The van der Waals surface area contributed by atoms with E-state index in [1.165, 1.54) is 30.6 Å². The summed E-state index contributed by atoms with van der Waals surface area (Å²) in [4.78, 5) is 67.6. The van der Waals surface area contributed by atoms with Crippen LogP contribution in [-0.2, 0) is 25.7 Å². The van der Waals surface area contributed by atoms with Crippen LogP contribution in [0.4, 0.5) is 4.79 Å². The number of imidazole rings is 1. The molecule has 4 N–H and O–H groups in total. The van der Waals surface area contributed by atoms with Gasteiger partial charge in [0.05, 0.1) is 22.5 Å². The van der Waals surface area contributed by atoms with Crippen LogP contribution in [0.2, 0.25) is 0 Å². The standard InChI is InChI=1S/C15H15BrN2O.C15H16BrNO3.C10H17NO4.C9H8BrNO2.ClH/c16-10-5-6-11-13(7-10)19-8-12-14(11)18-15(17-12)9-3-1-2-4-9;16-10-5-6-11-13(7-10)20-8-12(14(11)18)17-15(19)9-3-1-2-4-9;1-10(2,3)15-9(13)11-6-4-5-8(11)14-7-12;10-5-1-2-6-8(3-5)13-4-7(11)9(6)12;/h5-7,9H,1-4,8H2,(H,17,18);5-7,9,12H,1-4,8H2,(H,17,19);7-8H,4-6H2,1-3H3;1-3,7H,4,11H2;1H/t;;8-;;/m..1../s1. The second kappa shape index (κ2) is 23.9. The van der Waals surface area contributed by atoms with Gasteiger partial charge in [-0.05, 0) is 107 Å². The van der Waals surface area contributed by atoms with E-state index in [0.29, 0.717) is 54.6 Å². The smallest absolute Gasteiger partial charge is 0.413 e. The summed E-state index contributed by atoms with van der Waals surface area (Å²) in [6.07, 6.45) is 9.87. The Morgan fingerprint density at radius 1 is 0.794 bits per heavy atom. The highest BCUT2D eigenvalue weighted by Crippen LogP contribution is 2.41. The molecule has 15 nitrogen and oxygen atoms in total. The van der Waals surface area contributed by atoms with Gasteiger partial charge >= 0.3 is 6.09 Å². The maximum Gasteiger partial charge on any atom is 0.413 e. The molecule has 4 aliphatic heterocycles. The van der Waals surface area contributed by atoms with Crippen molar-refractivity contribution in [2.45, 2.75) is 121 Å². The highest BCUT2D eigenvalue weighted by Gasteiger charge is 2.35. The van der Waals surface area contributed by atoms with Crippen molar-refractivity contribution in [3.05, 3.63) is 90.7 Å². The van der Waals surface area contributed by atoms with E-state index in [-0.39, 0.29) is 49.0 Å². The molecule has 3 atom stereocenters. The molecule has 1 aromatic heterocycles. The molecular weight excluding hydrogens is 1090 g/mol. The highest BCUT2D eigenvalue weighted by molar-refractivity contribution is 9.11. The molecule has 68 heavy (non-hydrogen) atoms. The zero-order valence-corrected chi connectivity index (χ0v) is 43.7. The third-order valence-electron chi connectivity index (χ3n) is 12.1. The number of fused-ring (bicyclic) bond motifs is 5. The number of H-pyrrole nitrogens is 1. The zero-order valence-electron chi connectivity index (χ0n) is 38.2. The molecule has 2 aliphatic carbocycles. The normalized spacial score (nSPS) is 20.2.